The topological polar surface area (TPSA) is 82.4 Å². The number of amides is 1. The Bertz CT molecular complexity index is 1130. The van der Waals surface area contributed by atoms with E-state index in [0.717, 1.165) is 16.9 Å². The highest BCUT2D eigenvalue weighted by Crippen LogP contribution is 2.26. The summed E-state index contributed by atoms with van der Waals surface area (Å²) in [4.78, 5) is 24.5. The van der Waals surface area contributed by atoms with E-state index < -0.39 is 18.5 Å². The van der Waals surface area contributed by atoms with Crippen LogP contribution in [0.4, 0.5) is 5.69 Å². The van der Waals surface area contributed by atoms with Crippen LogP contribution in [0.1, 0.15) is 17.0 Å². The summed E-state index contributed by atoms with van der Waals surface area (Å²) in [7, 11) is 1.51. The second-order valence-electron chi connectivity index (χ2n) is 6.75. The molecule has 0 aliphatic rings. The van der Waals surface area contributed by atoms with Crippen LogP contribution in [-0.4, -0.2) is 35.4 Å². The van der Waals surface area contributed by atoms with E-state index in [1.807, 2.05) is 6.92 Å². The van der Waals surface area contributed by atoms with Crippen LogP contribution >= 0.6 is 23.2 Å². The maximum atomic E-state index is 12.3. The molecule has 7 nitrogen and oxygen atoms in total. The van der Waals surface area contributed by atoms with Crippen molar-refractivity contribution in [2.45, 2.75) is 20.3 Å². The minimum Gasteiger partial charge on any atom is -0.495 e. The predicted molar refractivity (Wildman–Crippen MR) is 119 cm³/mol. The molecule has 0 bridgehead atoms. The molecule has 0 unspecified atom stereocenters. The summed E-state index contributed by atoms with van der Waals surface area (Å²) in [5.74, 6) is -0.476. The molecule has 0 saturated carbocycles. The molecule has 3 rings (SSSR count). The predicted octanol–water partition coefficient (Wildman–Crippen LogP) is 4.53. The highest BCUT2D eigenvalue weighted by molar-refractivity contribution is 6.42. The number of carbonyl (C=O) groups excluding carboxylic acids is 2. The fourth-order valence-electron chi connectivity index (χ4n) is 3.07. The largest absolute Gasteiger partial charge is 0.495 e. The number of nitrogens with one attached hydrogen (secondary N) is 1. The van der Waals surface area contributed by atoms with Gasteiger partial charge >= 0.3 is 5.97 Å². The van der Waals surface area contributed by atoms with E-state index in [4.69, 9.17) is 32.7 Å². The number of anilines is 1. The highest BCUT2D eigenvalue weighted by atomic mass is 35.5. The summed E-state index contributed by atoms with van der Waals surface area (Å²) < 4.78 is 12.0. The van der Waals surface area contributed by atoms with Gasteiger partial charge in [-0.1, -0.05) is 35.3 Å². The molecule has 162 valence electrons. The van der Waals surface area contributed by atoms with E-state index in [9.17, 15) is 9.59 Å². The molecule has 1 aromatic heterocycles. The fourth-order valence-corrected chi connectivity index (χ4v) is 3.37. The van der Waals surface area contributed by atoms with Crippen molar-refractivity contribution in [3.05, 3.63) is 69.5 Å². The van der Waals surface area contributed by atoms with E-state index in [1.165, 1.54) is 7.11 Å². The number of hydrogen-bond donors (Lipinski definition) is 1. The number of aromatic nitrogens is 2. The summed E-state index contributed by atoms with van der Waals surface area (Å²) in [5, 5.41) is 8.00. The summed E-state index contributed by atoms with van der Waals surface area (Å²) >= 11 is 12.1. The Kier molecular flexibility index (Phi) is 7.20. The Morgan fingerprint density at radius 1 is 1.10 bits per heavy atom. The SMILES string of the molecule is COc1ccccc1NC(=O)COC(=O)Cc1c(C)nn(-c2ccc(Cl)c(Cl)c2)c1C. The van der Waals surface area contributed by atoms with E-state index in [1.54, 1.807) is 54.1 Å². The lowest BCUT2D eigenvalue weighted by Crippen LogP contribution is -2.22. The fraction of sp³-hybridized carbons (Fsp3) is 0.227. The number of carbonyl (C=O) groups is 2. The molecule has 1 amide bonds. The zero-order valence-electron chi connectivity index (χ0n) is 17.2. The number of esters is 1. The molecule has 31 heavy (non-hydrogen) atoms. The Morgan fingerprint density at radius 3 is 2.55 bits per heavy atom. The molecule has 0 spiro atoms. The van der Waals surface area contributed by atoms with Crippen LogP contribution in [0.2, 0.25) is 10.0 Å². The maximum absolute atomic E-state index is 12.3. The van der Waals surface area contributed by atoms with Crippen molar-refractivity contribution < 1.29 is 19.1 Å². The van der Waals surface area contributed by atoms with Crippen molar-refractivity contribution in [3.63, 3.8) is 0 Å². The van der Waals surface area contributed by atoms with Crippen molar-refractivity contribution in [3.8, 4) is 11.4 Å². The number of ether oxygens (including phenoxy) is 2. The second-order valence-corrected chi connectivity index (χ2v) is 7.56. The molecule has 0 aliphatic carbocycles. The van der Waals surface area contributed by atoms with E-state index in [0.29, 0.717) is 27.2 Å². The number of benzene rings is 2. The third-order valence-corrected chi connectivity index (χ3v) is 5.39. The highest BCUT2D eigenvalue weighted by Gasteiger charge is 2.18. The minimum absolute atomic E-state index is 0.0130. The zero-order valence-corrected chi connectivity index (χ0v) is 18.8. The first-order chi connectivity index (χ1) is 14.8. The number of nitrogens with zero attached hydrogens (tertiary/aromatic N) is 2. The van der Waals surface area contributed by atoms with E-state index in [2.05, 4.69) is 10.4 Å². The van der Waals surface area contributed by atoms with Gasteiger partial charge in [-0.2, -0.15) is 5.10 Å². The third-order valence-electron chi connectivity index (χ3n) is 4.66. The molecule has 0 aliphatic heterocycles. The van der Waals surface area contributed by atoms with Crippen molar-refractivity contribution >= 4 is 40.8 Å². The lowest BCUT2D eigenvalue weighted by atomic mass is 10.1. The molecular weight excluding hydrogens is 441 g/mol. The summed E-state index contributed by atoms with van der Waals surface area (Å²) in [6.45, 7) is 3.24. The average molecular weight is 462 g/mol. The van der Waals surface area contributed by atoms with Crippen molar-refractivity contribution in [1.82, 2.24) is 9.78 Å². The molecule has 0 fully saturated rings. The average Bonchev–Trinajstić information content (AvgIpc) is 3.03. The first kappa shape index (κ1) is 22.7. The van der Waals surface area contributed by atoms with Crippen LogP contribution in [-0.2, 0) is 20.7 Å². The lowest BCUT2D eigenvalue weighted by molar-refractivity contribution is -0.146. The molecule has 3 aromatic rings. The number of methoxy groups -OCH3 is 1. The molecule has 1 N–H and O–H groups in total. The Hall–Kier alpha value is -3.03. The van der Waals surface area contributed by atoms with Gasteiger partial charge in [0.2, 0.25) is 0 Å². The molecular formula is C22H21Cl2N3O4. The van der Waals surface area contributed by atoms with E-state index >= 15 is 0 Å². The number of halogens is 2. The van der Waals surface area contributed by atoms with Gasteiger partial charge in [0.15, 0.2) is 6.61 Å². The van der Waals surface area contributed by atoms with Crippen LogP contribution in [0, 0.1) is 13.8 Å². The van der Waals surface area contributed by atoms with Crippen LogP contribution in [0.5, 0.6) is 5.75 Å². The van der Waals surface area contributed by atoms with Gasteiger partial charge in [-0.25, -0.2) is 4.68 Å². The van der Waals surface area contributed by atoms with Crippen LogP contribution < -0.4 is 10.1 Å². The summed E-state index contributed by atoms with van der Waals surface area (Å²) in [6, 6.07) is 12.1. The second kappa shape index (κ2) is 9.85. The van der Waals surface area contributed by atoms with Gasteiger partial charge in [0.25, 0.3) is 5.91 Å². The summed E-state index contributed by atoms with van der Waals surface area (Å²) in [6.07, 6.45) is -0.0130. The number of rotatable bonds is 7. The number of aryl methyl sites for hydroxylation is 1. The molecule has 0 radical (unpaired) electrons. The zero-order chi connectivity index (χ0) is 22.5. The van der Waals surface area contributed by atoms with Crippen molar-refractivity contribution in [2.24, 2.45) is 0 Å². The van der Waals surface area contributed by atoms with E-state index in [-0.39, 0.29) is 6.42 Å². The van der Waals surface area contributed by atoms with Crippen molar-refractivity contribution in [1.29, 1.82) is 0 Å². The van der Waals surface area contributed by atoms with Gasteiger partial charge in [-0.15, -0.1) is 0 Å². The van der Waals surface area contributed by atoms with Crippen LogP contribution in [0.15, 0.2) is 42.5 Å². The molecule has 0 atom stereocenters. The molecule has 9 heteroatoms. The lowest BCUT2D eigenvalue weighted by Gasteiger charge is -2.10. The Labute approximate surface area is 189 Å². The molecule has 0 saturated heterocycles. The van der Waals surface area contributed by atoms with Gasteiger partial charge in [0.1, 0.15) is 5.75 Å². The quantitative estimate of drug-likeness (QED) is 0.522. The minimum atomic E-state index is -0.532. The first-order valence-corrected chi connectivity index (χ1v) is 10.1. The Morgan fingerprint density at radius 2 is 1.84 bits per heavy atom. The number of hydrogen-bond acceptors (Lipinski definition) is 5. The summed E-state index contributed by atoms with van der Waals surface area (Å²) in [5.41, 5.74) is 3.40. The van der Waals surface area contributed by atoms with Crippen molar-refractivity contribution in [2.75, 3.05) is 19.0 Å². The molecule has 1 heterocycles. The van der Waals surface area contributed by atoms with Gasteiger partial charge in [0, 0.05) is 11.3 Å². The third kappa shape index (κ3) is 5.37. The molecule has 2 aromatic carbocycles. The number of para-hydroxylation sites is 2. The van der Waals surface area contributed by atoms with Gasteiger partial charge < -0.3 is 14.8 Å². The maximum Gasteiger partial charge on any atom is 0.310 e. The van der Waals surface area contributed by atoms with Gasteiger partial charge in [-0.3, -0.25) is 9.59 Å². The van der Waals surface area contributed by atoms with Crippen LogP contribution in [0.3, 0.4) is 0 Å². The van der Waals surface area contributed by atoms with Gasteiger partial charge in [-0.05, 0) is 44.2 Å². The monoisotopic (exact) mass is 461 g/mol. The van der Waals surface area contributed by atoms with Gasteiger partial charge in [0.05, 0.1) is 40.6 Å². The first-order valence-electron chi connectivity index (χ1n) is 9.39. The normalized spacial score (nSPS) is 10.6. The van der Waals surface area contributed by atoms with Crippen LogP contribution in [0.25, 0.3) is 5.69 Å². The standard InChI is InChI=1S/C22H21Cl2N3O4/c1-13-16(14(2)27(26-13)15-8-9-17(23)18(24)10-15)11-22(29)31-12-21(28)25-19-6-4-5-7-20(19)30-3/h4-10H,11-12H2,1-3H3,(H,25,28). The Balaban J connectivity index is 1.63. The smallest absolute Gasteiger partial charge is 0.310 e.